The Morgan fingerprint density at radius 3 is 2.36 bits per heavy atom. The zero-order valence-electron chi connectivity index (χ0n) is 14.7. The van der Waals surface area contributed by atoms with E-state index >= 15 is 0 Å². The molecule has 2 saturated heterocycles. The van der Waals surface area contributed by atoms with Gasteiger partial charge in [-0.05, 0) is 29.8 Å². The maximum Gasteiger partial charge on any atom is 0.414 e. The highest BCUT2D eigenvalue weighted by molar-refractivity contribution is 6.00. The van der Waals surface area contributed by atoms with E-state index in [1.165, 1.54) is 17.2 Å². The van der Waals surface area contributed by atoms with Crippen molar-refractivity contribution < 1.29 is 28.2 Å². The minimum atomic E-state index is -3.33. The van der Waals surface area contributed by atoms with Crippen molar-refractivity contribution >= 4 is 23.5 Å². The number of anilines is 2. The fraction of sp³-hybridized carbons (Fsp3) is 0.316. The molecule has 0 spiro atoms. The van der Waals surface area contributed by atoms with E-state index in [0.29, 0.717) is 5.69 Å². The van der Waals surface area contributed by atoms with Crippen LogP contribution in [0, 0.1) is 0 Å². The number of aliphatic hydroxyl groups is 1. The molecule has 2 aromatic rings. The standard InChI is InChI=1S/C19H17F2N3O4/c20-19(21)7-8-23(17(19)26)16-6-3-13(9-22-16)12-1-4-14(5-2-12)24-10-15(11-25)28-18(24)27/h1-6,9,15,25H,7-8,10-11H2/t15-/m1/s1. The summed E-state index contributed by atoms with van der Waals surface area (Å²) < 4.78 is 31.8. The number of aliphatic hydroxyl groups excluding tert-OH is 1. The van der Waals surface area contributed by atoms with Crippen LogP contribution >= 0.6 is 0 Å². The number of alkyl halides is 2. The number of amides is 2. The van der Waals surface area contributed by atoms with Crippen molar-refractivity contribution in [3.63, 3.8) is 0 Å². The van der Waals surface area contributed by atoms with Gasteiger partial charge in [0.05, 0.1) is 13.2 Å². The molecule has 0 bridgehead atoms. The van der Waals surface area contributed by atoms with Crippen LogP contribution < -0.4 is 9.80 Å². The van der Waals surface area contributed by atoms with Crippen LogP contribution in [0.15, 0.2) is 42.6 Å². The fourth-order valence-corrected chi connectivity index (χ4v) is 3.25. The summed E-state index contributed by atoms with van der Waals surface area (Å²) in [5, 5.41) is 9.11. The molecule has 0 saturated carbocycles. The summed E-state index contributed by atoms with van der Waals surface area (Å²) in [7, 11) is 0. The van der Waals surface area contributed by atoms with Gasteiger partial charge in [-0.25, -0.2) is 9.78 Å². The molecule has 146 valence electrons. The normalized spacial score (nSPS) is 21.3. The molecule has 3 heterocycles. The van der Waals surface area contributed by atoms with Crippen LogP contribution in [-0.4, -0.2) is 53.8 Å². The molecule has 4 rings (SSSR count). The highest BCUT2D eigenvalue weighted by Crippen LogP contribution is 2.32. The first-order chi connectivity index (χ1) is 13.4. The van der Waals surface area contributed by atoms with Gasteiger partial charge < -0.3 is 9.84 Å². The van der Waals surface area contributed by atoms with E-state index in [2.05, 4.69) is 4.98 Å². The largest absolute Gasteiger partial charge is 0.441 e. The molecule has 0 radical (unpaired) electrons. The van der Waals surface area contributed by atoms with E-state index in [1.807, 2.05) is 0 Å². The Morgan fingerprint density at radius 2 is 1.82 bits per heavy atom. The van der Waals surface area contributed by atoms with E-state index < -0.39 is 30.4 Å². The first-order valence-corrected chi connectivity index (χ1v) is 8.74. The monoisotopic (exact) mass is 389 g/mol. The van der Waals surface area contributed by atoms with Crippen molar-refractivity contribution in [2.45, 2.75) is 18.4 Å². The lowest BCUT2D eigenvalue weighted by atomic mass is 10.1. The molecule has 0 aliphatic carbocycles. The number of carbonyl (C=O) groups excluding carboxylic acids is 2. The first-order valence-electron chi connectivity index (χ1n) is 8.74. The number of ether oxygens (including phenoxy) is 1. The maximum atomic E-state index is 13.4. The maximum absolute atomic E-state index is 13.4. The second-order valence-corrected chi connectivity index (χ2v) is 6.66. The molecule has 1 atom stereocenters. The van der Waals surface area contributed by atoms with Crippen molar-refractivity contribution in [1.82, 2.24) is 4.98 Å². The summed E-state index contributed by atoms with van der Waals surface area (Å²) in [6, 6.07) is 10.3. The van der Waals surface area contributed by atoms with Gasteiger partial charge in [0.1, 0.15) is 11.9 Å². The summed E-state index contributed by atoms with van der Waals surface area (Å²) in [5.41, 5.74) is 2.19. The SMILES string of the molecule is O=C1O[C@@H](CO)CN1c1ccc(-c2ccc(N3CCC(F)(F)C3=O)nc2)cc1. The zero-order valence-corrected chi connectivity index (χ0v) is 14.7. The molecule has 1 aromatic carbocycles. The van der Waals surface area contributed by atoms with Gasteiger partial charge in [0.25, 0.3) is 5.91 Å². The smallest absolute Gasteiger partial charge is 0.414 e. The Bertz CT molecular complexity index is 902. The highest BCUT2D eigenvalue weighted by atomic mass is 19.3. The van der Waals surface area contributed by atoms with Crippen LogP contribution in [0.2, 0.25) is 0 Å². The lowest BCUT2D eigenvalue weighted by Gasteiger charge is -2.16. The third-order valence-electron chi connectivity index (χ3n) is 4.82. The number of nitrogens with zero attached hydrogens (tertiary/aromatic N) is 3. The highest BCUT2D eigenvalue weighted by Gasteiger charge is 2.48. The van der Waals surface area contributed by atoms with Crippen molar-refractivity contribution in [2.24, 2.45) is 0 Å². The van der Waals surface area contributed by atoms with E-state index in [4.69, 9.17) is 9.84 Å². The van der Waals surface area contributed by atoms with Crippen LogP contribution in [0.25, 0.3) is 11.1 Å². The van der Waals surface area contributed by atoms with Gasteiger partial charge in [0, 0.05) is 30.4 Å². The summed E-state index contributed by atoms with van der Waals surface area (Å²) in [5.74, 6) is -4.37. The van der Waals surface area contributed by atoms with Crippen molar-refractivity contribution in [3.8, 4) is 11.1 Å². The molecule has 2 aliphatic rings. The number of pyridine rings is 1. The zero-order chi connectivity index (χ0) is 19.9. The quantitative estimate of drug-likeness (QED) is 0.869. The number of halogens is 2. The molecule has 9 heteroatoms. The Kier molecular flexibility index (Phi) is 4.46. The van der Waals surface area contributed by atoms with Gasteiger partial charge >= 0.3 is 12.0 Å². The predicted molar refractivity (Wildman–Crippen MR) is 96.3 cm³/mol. The molecule has 2 aliphatic heterocycles. The minimum Gasteiger partial charge on any atom is -0.441 e. The average molecular weight is 389 g/mol. The molecular weight excluding hydrogens is 372 g/mol. The van der Waals surface area contributed by atoms with Gasteiger partial charge in [-0.15, -0.1) is 0 Å². The molecule has 1 N–H and O–H groups in total. The van der Waals surface area contributed by atoms with Crippen LogP contribution in [0.4, 0.5) is 25.1 Å². The third kappa shape index (κ3) is 3.18. The predicted octanol–water partition coefficient (Wildman–Crippen LogP) is 2.44. The number of aromatic nitrogens is 1. The number of hydrogen-bond donors (Lipinski definition) is 1. The summed E-state index contributed by atoms with van der Waals surface area (Å²) >= 11 is 0. The number of hydrogen-bond acceptors (Lipinski definition) is 5. The van der Waals surface area contributed by atoms with Crippen molar-refractivity contribution in [1.29, 1.82) is 0 Å². The van der Waals surface area contributed by atoms with Crippen molar-refractivity contribution in [2.75, 3.05) is 29.5 Å². The molecular formula is C19H17F2N3O4. The summed E-state index contributed by atoms with van der Waals surface area (Å²) in [6.07, 6.45) is -0.0400. The molecule has 0 unspecified atom stereocenters. The second kappa shape index (κ2) is 6.83. The van der Waals surface area contributed by atoms with E-state index in [9.17, 15) is 18.4 Å². The van der Waals surface area contributed by atoms with E-state index in [1.54, 1.807) is 30.3 Å². The molecule has 28 heavy (non-hydrogen) atoms. The van der Waals surface area contributed by atoms with Gasteiger partial charge in [-0.1, -0.05) is 12.1 Å². The number of benzene rings is 1. The lowest BCUT2D eigenvalue weighted by Crippen LogP contribution is -2.33. The van der Waals surface area contributed by atoms with Crippen LogP contribution in [0.3, 0.4) is 0 Å². The lowest BCUT2D eigenvalue weighted by molar-refractivity contribution is -0.137. The Morgan fingerprint density at radius 1 is 1.11 bits per heavy atom. The Hall–Kier alpha value is -3.07. The fourth-order valence-electron chi connectivity index (χ4n) is 3.25. The molecule has 2 fully saturated rings. The molecule has 1 aromatic heterocycles. The van der Waals surface area contributed by atoms with Crippen LogP contribution in [0.1, 0.15) is 6.42 Å². The second-order valence-electron chi connectivity index (χ2n) is 6.66. The average Bonchev–Trinajstić information content (AvgIpc) is 3.21. The van der Waals surface area contributed by atoms with Gasteiger partial charge in [-0.3, -0.25) is 14.6 Å². The van der Waals surface area contributed by atoms with E-state index in [0.717, 1.165) is 16.0 Å². The molecule has 7 nitrogen and oxygen atoms in total. The van der Waals surface area contributed by atoms with E-state index in [-0.39, 0.29) is 25.5 Å². The van der Waals surface area contributed by atoms with Crippen LogP contribution in [-0.2, 0) is 9.53 Å². The number of cyclic esters (lactones) is 1. The number of rotatable bonds is 4. The third-order valence-corrected chi connectivity index (χ3v) is 4.82. The Labute approximate surface area is 159 Å². The minimum absolute atomic E-state index is 0.0619. The Balaban J connectivity index is 1.49. The summed E-state index contributed by atoms with van der Waals surface area (Å²) in [4.78, 5) is 30.1. The van der Waals surface area contributed by atoms with Gasteiger partial charge in [0.2, 0.25) is 0 Å². The van der Waals surface area contributed by atoms with Gasteiger partial charge in [0.15, 0.2) is 0 Å². The summed E-state index contributed by atoms with van der Waals surface area (Å²) in [6.45, 7) is -0.0170. The topological polar surface area (TPSA) is 83.0 Å². The number of carbonyl (C=O) groups is 2. The first kappa shape index (κ1) is 18.3. The van der Waals surface area contributed by atoms with Gasteiger partial charge in [-0.2, -0.15) is 8.78 Å². The molecule has 2 amide bonds. The van der Waals surface area contributed by atoms with Crippen LogP contribution in [0.5, 0.6) is 0 Å². The van der Waals surface area contributed by atoms with Crippen molar-refractivity contribution in [3.05, 3.63) is 42.6 Å².